The highest BCUT2D eigenvalue weighted by Gasteiger charge is 2.03. The lowest BCUT2D eigenvalue weighted by Gasteiger charge is -2.02. The first kappa shape index (κ1) is 12.6. The number of hydrogen-bond acceptors (Lipinski definition) is 3. The molecule has 0 saturated carbocycles. The van der Waals surface area contributed by atoms with Gasteiger partial charge in [-0.1, -0.05) is 45.5 Å². The summed E-state index contributed by atoms with van der Waals surface area (Å²) in [6.07, 6.45) is 0. The van der Waals surface area contributed by atoms with Crippen LogP contribution in [-0.2, 0) is 6.54 Å². The van der Waals surface area contributed by atoms with E-state index in [2.05, 4.69) is 63.5 Å². The molecule has 0 saturated heterocycles. The zero-order valence-corrected chi connectivity index (χ0v) is 12.9. The van der Waals surface area contributed by atoms with Crippen LogP contribution in [0.3, 0.4) is 0 Å². The van der Waals surface area contributed by atoms with Crippen molar-refractivity contribution in [3.63, 3.8) is 0 Å². The van der Waals surface area contributed by atoms with Gasteiger partial charge in [0.25, 0.3) is 0 Å². The van der Waals surface area contributed by atoms with Crippen molar-refractivity contribution in [1.29, 1.82) is 0 Å². The van der Waals surface area contributed by atoms with E-state index in [0.717, 1.165) is 21.7 Å². The van der Waals surface area contributed by atoms with Gasteiger partial charge in [-0.2, -0.15) is 0 Å². The molecule has 0 aliphatic heterocycles. The van der Waals surface area contributed by atoms with Gasteiger partial charge < -0.3 is 5.32 Å². The van der Waals surface area contributed by atoms with E-state index in [9.17, 15) is 0 Å². The van der Waals surface area contributed by atoms with Crippen LogP contribution in [-0.4, -0.2) is 4.98 Å². The lowest BCUT2D eigenvalue weighted by atomic mass is 10.2. The predicted molar refractivity (Wildman–Crippen MR) is 85.8 cm³/mol. The average molecular weight is 333 g/mol. The van der Waals surface area contributed by atoms with Crippen molar-refractivity contribution in [2.45, 2.75) is 13.5 Å². The van der Waals surface area contributed by atoms with Crippen LogP contribution >= 0.6 is 27.3 Å². The van der Waals surface area contributed by atoms with Crippen molar-refractivity contribution in [2.24, 2.45) is 0 Å². The van der Waals surface area contributed by atoms with Gasteiger partial charge in [-0.15, -0.1) is 0 Å². The summed E-state index contributed by atoms with van der Waals surface area (Å²) in [5.74, 6) is 0. The van der Waals surface area contributed by atoms with Gasteiger partial charge in [0.15, 0.2) is 5.13 Å². The molecular formula is C15H13BrN2S. The molecule has 3 aromatic rings. The van der Waals surface area contributed by atoms with Gasteiger partial charge in [-0.3, -0.25) is 0 Å². The van der Waals surface area contributed by atoms with Crippen molar-refractivity contribution in [2.75, 3.05) is 5.32 Å². The number of thiazole rings is 1. The minimum atomic E-state index is 0.790. The molecule has 0 aliphatic rings. The number of fused-ring (bicyclic) bond motifs is 1. The normalized spacial score (nSPS) is 10.8. The Labute approximate surface area is 124 Å². The molecule has 0 radical (unpaired) electrons. The predicted octanol–water partition coefficient (Wildman–Crippen LogP) is 4.98. The van der Waals surface area contributed by atoms with Crippen molar-refractivity contribution in [3.05, 3.63) is 58.1 Å². The first-order valence-corrected chi connectivity index (χ1v) is 7.67. The molecule has 2 nitrogen and oxygen atoms in total. The summed E-state index contributed by atoms with van der Waals surface area (Å²) in [5.41, 5.74) is 3.56. The minimum absolute atomic E-state index is 0.790. The Morgan fingerprint density at radius 2 is 2.11 bits per heavy atom. The van der Waals surface area contributed by atoms with E-state index in [-0.39, 0.29) is 0 Å². The van der Waals surface area contributed by atoms with E-state index >= 15 is 0 Å². The van der Waals surface area contributed by atoms with E-state index in [4.69, 9.17) is 0 Å². The first-order chi connectivity index (χ1) is 9.20. The number of anilines is 1. The summed E-state index contributed by atoms with van der Waals surface area (Å²) in [4.78, 5) is 4.61. The number of rotatable bonds is 3. The van der Waals surface area contributed by atoms with Gasteiger partial charge in [0.05, 0.1) is 10.2 Å². The summed E-state index contributed by atoms with van der Waals surface area (Å²) in [6, 6.07) is 14.7. The van der Waals surface area contributed by atoms with Gasteiger partial charge in [0.1, 0.15) is 0 Å². The Kier molecular flexibility index (Phi) is 3.53. The van der Waals surface area contributed by atoms with Crippen LogP contribution in [0.15, 0.2) is 46.9 Å². The fourth-order valence-corrected chi connectivity index (χ4v) is 3.23. The Balaban J connectivity index is 1.78. The fraction of sp³-hybridized carbons (Fsp3) is 0.133. The second-order valence-corrected chi connectivity index (χ2v) is 6.42. The quantitative estimate of drug-likeness (QED) is 0.731. The molecule has 4 heteroatoms. The van der Waals surface area contributed by atoms with Gasteiger partial charge in [0, 0.05) is 11.0 Å². The number of nitrogens with one attached hydrogen (secondary N) is 1. The zero-order valence-electron chi connectivity index (χ0n) is 10.5. The van der Waals surface area contributed by atoms with Crippen molar-refractivity contribution in [3.8, 4) is 0 Å². The summed E-state index contributed by atoms with van der Waals surface area (Å²) in [7, 11) is 0. The molecule has 1 heterocycles. The second-order valence-electron chi connectivity index (χ2n) is 4.47. The molecule has 2 aromatic carbocycles. The number of nitrogens with zero attached hydrogens (tertiary/aromatic N) is 1. The van der Waals surface area contributed by atoms with Crippen molar-refractivity contribution in [1.82, 2.24) is 4.98 Å². The Morgan fingerprint density at radius 1 is 1.21 bits per heavy atom. The molecule has 19 heavy (non-hydrogen) atoms. The second kappa shape index (κ2) is 5.31. The molecule has 96 valence electrons. The SMILES string of the molecule is Cc1ccc2sc(NCc3cccc(Br)c3)nc2c1. The monoisotopic (exact) mass is 332 g/mol. The highest BCUT2D eigenvalue weighted by atomic mass is 79.9. The number of hydrogen-bond donors (Lipinski definition) is 1. The number of aryl methyl sites for hydroxylation is 1. The van der Waals surface area contributed by atoms with Crippen LogP contribution in [0.2, 0.25) is 0 Å². The summed E-state index contributed by atoms with van der Waals surface area (Å²) >= 11 is 5.18. The molecular weight excluding hydrogens is 320 g/mol. The maximum absolute atomic E-state index is 4.61. The molecule has 1 aromatic heterocycles. The standard InChI is InChI=1S/C15H13BrN2S/c1-10-5-6-14-13(7-10)18-15(19-14)17-9-11-3-2-4-12(16)8-11/h2-8H,9H2,1H3,(H,17,18). The highest BCUT2D eigenvalue weighted by molar-refractivity contribution is 9.10. The third kappa shape index (κ3) is 2.96. The minimum Gasteiger partial charge on any atom is -0.357 e. The Bertz CT molecular complexity index is 721. The van der Waals surface area contributed by atoms with Gasteiger partial charge in [0.2, 0.25) is 0 Å². The van der Waals surface area contributed by atoms with E-state index in [1.165, 1.54) is 15.8 Å². The third-order valence-electron chi connectivity index (χ3n) is 2.88. The molecule has 3 rings (SSSR count). The maximum Gasteiger partial charge on any atom is 0.184 e. The lowest BCUT2D eigenvalue weighted by molar-refractivity contribution is 1.14. The molecule has 0 fully saturated rings. The van der Waals surface area contributed by atoms with Crippen LogP contribution in [0.4, 0.5) is 5.13 Å². The largest absolute Gasteiger partial charge is 0.357 e. The van der Waals surface area contributed by atoms with E-state index in [0.29, 0.717) is 0 Å². The molecule has 0 unspecified atom stereocenters. The van der Waals surface area contributed by atoms with Crippen LogP contribution in [0, 0.1) is 6.92 Å². The van der Waals surface area contributed by atoms with E-state index in [1.807, 2.05) is 12.1 Å². The number of benzene rings is 2. The Hall–Kier alpha value is -1.39. The third-order valence-corrected chi connectivity index (χ3v) is 4.36. The highest BCUT2D eigenvalue weighted by Crippen LogP contribution is 2.27. The van der Waals surface area contributed by atoms with Gasteiger partial charge >= 0.3 is 0 Å². The van der Waals surface area contributed by atoms with E-state index < -0.39 is 0 Å². The fourth-order valence-electron chi connectivity index (χ4n) is 1.94. The Morgan fingerprint density at radius 3 is 2.95 bits per heavy atom. The number of halogens is 1. The average Bonchev–Trinajstić information content (AvgIpc) is 2.78. The summed E-state index contributed by atoms with van der Waals surface area (Å²) in [6.45, 7) is 2.88. The van der Waals surface area contributed by atoms with Gasteiger partial charge in [-0.25, -0.2) is 4.98 Å². The maximum atomic E-state index is 4.61. The molecule has 0 bridgehead atoms. The van der Waals surface area contributed by atoms with Crippen LogP contribution in [0.25, 0.3) is 10.2 Å². The van der Waals surface area contributed by atoms with Crippen LogP contribution in [0.5, 0.6) is 0 Å². The van der Waals surface area contributed by atoms with Crippen LogP contribution in [0.1, 0.15) is 11.1 Å². The van der Waals surface area contributed by atoms with E-state index in [1.54, 1.807) is 11.3 Å². The van der Waals surface area contributed by atoms with Crippen molar-refractivity contribution < 1.29 is 0 Å². The molecule has 0 atom stereocenters. The molecule has 1 N–H and O–H groups in total. The summed E-state index contributed by atoms with van der Waals surface area (Å²) < 4.78 is 2.33. The summed E-state index contributed by atoms with van der Waals surface area (Å²) in [5, 5.41) is 4.36. The molecule has 0 aliphatic carbocycles. The smallest absolute Gasteiger partial charge is 0.184 e. The topological polar surface area (TPSA) is 24.9 Å². The van der Waals surface area contributed by atoms with Crippen molar-refractivity contribution >= 4 is 42.6 Å². The molecule has 0 spiro atoms. The zero-order chi connectivity index (χ0) is 13.2. The number of aromatic nitrogens is 1. The molecule has 0 amide bonds. The first-order valence-electron chi connectivity index (χ1n) is 6.06. The lowest BCUT2D eigenvalue weighted by Crippen LogP contribution is -1.98. The van der Waals surface area contributed by atoms with Crippen LogP contribution < -0.4 is 5.32 Å². The van der Waals surface area contributed by atoms with Gasteiger partial charge in [-0.05, 0) is 42.3 Å².